The van der Waals surface area contributed by atoms with Gasteiger partial charge in [-0.25, -0.2) is 0 Å². The van der Waals surface area contributed by atoms with Gasteiger partial charge in [-0.3, -0.25) is 0 Å². The molecule has 6 rings (SSSR count). The molecular weight excluding hydrogens is 493 g/mol. The van der Waals surface area contributed by atoms with Crippen molar-refractivity contribution in [1.82, 2.24) is 10.1 Å². The Morgan fingerprint density at radius 1 is 0.882 bits per heavy atom. The van der Waals surface area contributed by atoms with Crippen LogP contribution in [0.3, 0.4) is 0 Å². The molecule has 1 aliphatic heterocycles. The fourth-order valence-corrected chi connectivity index (χ4v) is 5.42. The van der Waals surface area contributed by atoms with E-state index < -0.39 is 0 Å². The fourth-order valence-electron chi connectivity index (χ4n) is 4.64. The molecule has 2 atom stereocenters. The largest absolute Gasteiger partial charge is 0.505 e. The SMILES string of the molecule is Oc1c(-c2noc(-c3c(Cl)cccc3Cl)n2)cc(Cl)cc1N1c2ccccc2C2C=CC=CC21. The zero-order valence-corrected chi connectivity index (χ0v) is 19.8. The molecule has 0 amide bonds. The van der Waals surface area contributed by atoms with Crippen LogP contribution in [0.1, 0.15) is 11.5 Å². The van der Waals surface area contributed by atoms with E-state index in [-0.39, 0.29) is 29.4 Å². The molecule has 0 radical (unpaired) electrons. The number of halogens is 3. The van der Waals surface area contributed by atoms with E-state index in [9.17, 15) is 5.11 Å². The Morgan fingerprint density at radius 3 is 2.47 bits per heavy atom. The maximum atomic E-state index is 11.4. The number of phenolic OH excluding ortho intramolecular Hbond substituents is 1. The number of aromatic hydroxyl groups is 1. The first kappa shape index (κ1) is 21.3. The van der Waals surface area contributed by atoms with Crippen molar-refractivity contribution in [1.29, 1.82) is 0 Å². The van der Waals surface area contributed by atoms with Gasteiger partial charge in [0.05, 0.1) is 32.9 Å². The predicted molar refractivity (Wildman–Crippen MR) is 135 cm³/mol. The summed E-state index contributed by atoms with van der Waals surface area (Å²) in [4.78, 5) is 6.55. The molecule has 8 heteroatoms. The lowest BCUT2D eigenvalue weighted by Gasteiger charge is -2.29. The lowest BCUT2D eigenvalue weighted by molar-refractivity contribution is 0.431. The second kappa shape index (κ2) is 8.20. The quantitative estimate of drug-likeness (QED) is 0.306. The summed E-state index contributed by atoms with van der Waals surface area (Å²) in [5.74, 6) is 0.497. The highest BCUT2D eigenvalue weighted by Crippen LogP contribution is 2.51. The van der Waals surface area contributed by atoms with Gasteiger partial charge in [0.25, 0.3) is 5.89 Å². The van der Waals surface area contributed by atoms with Crippen molar-refractivity contribution in [3.63, 3.8) is 0 Å². The number of rotatable bonds is 3. The van der Waals surface area contributed by atoms with Crippen LogP contribution in [-0.4, -0.2) is 21.3 Å². The molecule has 1 aliphatic carbocycles. The lowest BCUT2D eigenvalue weighted by atomic mass is 9.91. The van der Waals surface area contributed by atoms with Crippen LogP contribution in [0, 0.1) is 0 Å². The number of hydrogen-bond donors (Lipinski definition) is 1. The molecule has 0 fully saturated rings. The van der Waals surface area contributed by atoms with E-state index in [0.717, 1.165) is 5.69 Å². The number of nitrogens with zero attached hydrogens (tertiary/aromatic N) is 3. The molecule has 1 N–H and O–H groups in total. The molecular formula is C26H16Cl3N3O2. The van der Waals surface area contributed by atoms with Crippen LogP contribution in [0.5, 0.6) is 5.75 Å². The summed E-state index contributed by atoms with van der Waals surface area (Å²) in [7, 11) is 0. The van der Waals surface area contributed by atoms with Crippen LogP contribution in [0.25, 0.3) is 22.8 Å². The van der Waals surface area contributed by atoms with Gasteiger partial charge in [-0.2, -0.15) is 4.98 Å². The van der Waals surface area contributed by atoms with Crippen molar-refractivity contribution >= 4 is 46.2 Å². The van der Waals surface area contributed by atoms with Crippen LogP contribution in [0.4, 0.5) is 11.4 Å². The summed E-state index contributed by atoms with van der Waals surface area (Å²) in [6.07, 6.45) is 8.36. The Labute approximate surface area is 210 Å². The van der Waals surface area contributed by atoms with Gasteiger partial charge < -0.3 is 14.5 Å². The zero-order valence-electron chi connectivity index (χ0n) is 17.5. The molecule has 2 unspecified atom stereocenters. The number of benzene rings is 3. The third-order valence-corrected chi connectivity index (χ3v) is 6.97. The standard InChI is InChI=1S/C26H16Cl3N3O2/c27-14-12-17(25-30-26(34-31-25)23-18(28)8-5-9-19(23)29)24(33)22(13-14)32-20-10-3-1-6-15(20)16-7-2-4-11-21(16)32/h1-13,15,20,33H. The van der Waals surface area contributed by atoms with Gasteiger partial charge >= 0.3 is 0 Å². The average molecular weight is 509 g/mol. The summed E-state index contributed by atoms with van der Waals surface area (Å²) in [6, 6.07) is 16.6. The third-order valence-electron chi connectivity index (χ3n) is 6.12. The minimum absolute atomic E-state index is 0.000381. The van der Waals surface area contributed by atoms with Crippen LogP contribution in [-0.2, 0) is 0 Å². The highest BCUT2D eigenvalue weighted by atomic mass is 35.5. The van der Waals surface area contributed by atoms with Crippen molar-refractivity contribution < 1.29 is 9.63 Å². The summed E-state index contributed by atoms with van der Waals surface area (Å²) < 4.78 is 5.45. The average Bonchev–Trinajstić information content (AvgIpc) is 3.44. The summed E-state index contributed by atoms with van der Waals surface area (Å²) >= 11 is 19.1. The van der Waals surface area contributed by atoms with Gasteiger partial charge in [0.15, 0.2) is 5.75 Å². The minimum atomic E-state index is 0.000381. The van der Waals surface area contributed by atoms with Gasteiger partial charge in [0.1, 0.15) is 0 Å². The first-order valence-electron chi connectivity index (χ1n) is 10.6. The first-order chi connectivity index (χ1) is 16.5. The van der Waals surface area contributed by atoms with E-state index in [1.807, 2.05) is 30.4 Å². The van der Waals surface area contributed by atoms with E-state index in [0.29, 0.717) is 31.9 Å². The first-order valence-corrected chi connectivity index (χ1v) is 11.7. The van der Waals surface area contributed by atoms with Gasteiger partial charge in [-0.1, -0.05) is 88.5 Å². The Morgan fingerprint density at radius 2 is 1.65 bits per heavy atom. The van der Waals surface area contributed by atoms with E-state index in [2.05, 4.69) is 33.3 Å². The Hall–Kier alpha value is -3.25. The zero-order chi connectivity index (χ0) is 23.4. The summed E-state index contributed by atoms with van der Waals surface area (Å²) in [5, 5.41) is 16.7. The number of anilines is 2. The molecule has 0 saturated carbocycles. The molecule has 34 heavy (non-hydrogen) atoms. The van der Waals surface area contributed by atoms with E-state index in [1.54, 1.807) is 30.3 Å². The molecule has 168 valence electrons. The predicted octanol–water partition coefficient (Wildman–Crippen LogP) is 7.80. The Kier molecular flexibility index (Phi) is 5.14. The van der Waals surface area contributed by atoms with Crippen molar-refractivity contribution in [2.75, 3.05) is 4.90 Å². The highest BCUT2D eigenvalue weighted by molar-refractivity contribution is 6.38. The van der Waals surface area contributed by atoms with Gasteiger partial charge in [-0.15, -0.1) is 0 Å². The molecule has 0 saturated heterocycles. The van der Waals surface area contributed by atoms with Crippen LogP contribution in [0.2, 0.25) is 15.1 Å². The number of fused-ring (bicyclic) bond motifs is 3. The fraction of sp³-hybridized carbons (Fsp3) is 0.0769. The molecule has 5 nitrogen and oxygen atoms in total. The molecule has 2 heterocycles. The number of para-hydroxylation sites is 1. The van der Waals surface area contributed by atoms with E-state index in [1.165, 1.54) is 5.56 Å². The van der Waals surface area contributed by atoms with Crippen LogP contribution in [0.15, 0.2) is 83.4 Å². The molecule has 0 bridgehead atoms. The molecule has 0 spiro atoms. The molecule has 3 aromatic carbocycles. The third kappa shape index (κ3) is 3.31. The minimum Gasteiger partial charge on any atom is -0.505 e. The van der Waals surface area contributed by atoms with E-state index >= 15 is 0 Å². The molecule has 2 aliphatic rings. The topological polar surface area (TPSA) is 62.4 Å². The lowest BCUT2D eigenvalue weighted by Crippen LogP contribution is -2.28. The maximum absolute atomic E-state index is 11.4. The van der Waals surface area contributed by atoms with Crippen LogP contribution >= 0.6 is 34.8 Å². The number of aromatic nitrogens is 2. The van der Waals surface area contributed by atoms with Crippen LogP contribution < -0.4 is 4.90 Å². The molecule has 1 aromatic heterocycles. The smallest absolute Gasteiger partial charge is 0.261 e. The van der Waals surface area contributed by atoms with E-state index in [4.69, 9.17) is 39.3 Å². The summed E-state index contributed by atoms with van der Waals surface area (Å²) in [6.45, 7) is 0. The summed E-state index contributed by atoms with van der Waals surface area (Å²) in [5.41, 5.74) is 3.53. The molecule has 4 aromatic rings. The Bertz CT molecular complexity index is 1470. The number of allylic oxidation sites excluding steroid dienone is 2. The normalized spacial score (nSPS) is 18.3. The van der Waals surface area contributed by atoms with Crippen molar-refractivity contribution in [3.05, 3.63) is 99.5 Å². The second-order valence-electron chi connectivity index (χ2n) is 8.06. The highest BCUT2D eigenvalue weighted by Gasteiger charge is 2.38. The van der Waals surface area contributed by atoms with Gasteiger partial charge in [-0.05, 0) is 35.9 Å². The second-order valence-corrected chi connectivity index (χ2v) is 9.31. The number of phenols is 1. The van der Waals surface area contributed by atoms with Gasteiger partial charge in [0, 0.05) is 16.6 Å². The van der Waals surface area contributed by atoms with Crippen molar-refractivity contribution in [2.45, 2.75) is 12.0 Å². The monoisotopic (exact) mass is 507 g/mol. The van der Waals surface area contributed by atoms with Crippen molar-refractivity contribution in [3.8, 4) is 28.6 Å². The van der Waals surface area contributed by atoms with Crippen molar-refractivity contribution in [2.24, 2.45) is 0 Å². The van der Waals surface area contributed by atoms with Gasteiger partial charge in [0.2, 0.25) is 5.82 Å². The maximum Gasteiger partial charge on any atom is 0.261 e. The number of hydrogen-bond acceptors (Lipinski definition) is 5. The Balaban J connectivity index is 1.48.